The second-order valence-electron chi connectivity index (χ2n) is 4.83. The van der Waals surface area contributed by atoms with E-state index in [1.165, 1.54) is 0 Å². The Morgan fingerprint density at radius 1 is 1.29 bits per heavy atom. The maximum atomic E-state index is 12.2. The number of hydrogen-bond donors (Lipinski definition) is 2. The van der Waals surface area contributed by atoms with Crippen LogP contribution in [0.25, 0.3) is 0 Å². The molecule has 0 aliphatic rings. The first kappa shape index (κ1) is 15.7. The average molecular weight is 309 g/mol. The Hall–Kier alpha value is -1.70. The molecule has 1 aromatic carbocycles. The van der Waals surface area contributed by atoms with Crippen molar-refractivity contribution in [2.24, 2.45) is 0 Å². The van der Waals surface area contributed by atoms with Gasteiger partial charge in [-0.1, -0.05) is 17.3 Å². The second-order valence-corrected chi connectivity index (χ2v) is 6.60. The van der Waals surface area contributed by atoms with Crippen LogP contribution in [0.2, 0.25) is 0 Å². The molecular weight excluding hydrogens is 290 g/mol. The van der Waals surface area contributed by atoms with Crippen molar-refractivity contribution in [1.29, 1.82) is 0 Å². The van der Waals surface area contributed by atoms with E-state index in [-0.39, 0.29) is 17.5 Å². The van der Waals surface area contributed by atoms with Crippen LogP contribution in [0.4, 0.5) is 0 Å². The lowest BCUT2D eigenvalue weighted by atomic mass is 10.1. The average Bonchev–Trinajstić information content (AvgIpc) is 2.90. The number of aryl methyl sites for hydroxylation is 1. The van der Waals surface area contributed by atoms with Gasteiger partial charge in [0.15, 0.2) is 0 Å². The van der Waals surface area contributed by atoms with Crippen molar-refractivity contribution in [3.05, 3.63) is 47.3 Å². The zero-order chi connectivity index (χ0) is 15.5. The lowest BCUT2D eigenvalue weighted by Crippen LogP contribution is -2.23. The standard InChI is InChI=1S/C14H19N3O3S/c1-10-8-13(17-20-10)9-16-21(18,19)14-6-4-12(5-7-14)11(2)15-3/h4-8,11,15-16H,9H2,1-3H3. The van der Waals surface area contributed by atoms with Gasteiger partial charge in [-0.3, -0.25) is 0 Å². The number of benzene rings is 1. The summed E-state index contributed by atoms with van der Waals surface area (Å²) in [7, 11) is -1.69. The fourth-order valence-electron chi connectivity index (χ4n) is 1.86. The molecule has 114 valence electrons. The predicted molar refractivity (Wildman–Crippen MR) is 79.2 cm³/mol. The summed E-state index contributed by atoms with van der Waals surface area (Å²) >= 11 is 0. The maximum absolute atomic E-state index is 12.2. The van der Waals surface area contributed by atoms with Gasteiger partial charge in [0, 0.05) is 12.1 Å². The summed E-state index contributed by atoms with van der Waals surface area (Å²) in [4.78, 5) is 0.231. The van der Waals surface area contributed by atoms with Crippen molar-refractivity contribution >= 4 is 10.0 Å². The van der Waals surface area contributed by atoms with Gasteiger partial charge in [0.05, 0.1) is 17.1 Å². The summed E-state index contributed by atoms with van der Waals surface area (Å²) in [6.07, 6.45) is 0. The molecule has 0 amide bonds. The monoisotopic (exact) mass is 309 g/mol. The Kier molecular flexibility index (Phi) is 4.76. The van der Waals surface area contributed by atoms with Gasteiger partial charge in [-0.2, -0.15) is 0 Å². The van der Waals surface area contributed by atoms with Crippen LogP contribution in [0.1, 0.15) is 30.0 Å². The highest BCUT2D eigenvalue weighted by Gasteiger charge is 2.15. The molecular formula is C14H19N3O3S. The summed E-state index contributed by atoms with van der Waals surface area (Å²) in [5.74, 6) is 0.648. The number of rotatable bonds is 6. The Morgan fingerprint density at radius 2 is 1.95 bits per heavy atom. The van der Waals surface area contributed by atoms with Crippen LogP contribution in [0, 0.1) is 6.92 Å². The minimum absolute atomic E-state index is 0.105. The summed E-state index contributed by atoms with van der Waals surface area (Å²) in [6.45, 7) is 3.87. The van der Waals surface area contributed by atoms with E-state index >= 15 is 0 Å². The molecule has 0 fully saturated rings. The van der Waals surface area contributed by atoms with Crippen molar-refractivity contribution in [1.82, 2.24) is 15.2 Å². The summed E-state index contributed by atoms with van der Waals surface area (Å²) in [5, 5.41) is 6.86. The topological polar surface area (TPSA) is 84.2 Å². The van der Waals surface area contributed by atoms with Gasteiger partial charge < -0.3 is 9.84 Å². The van der Waals surface area contributed by atoms with Crippen molar-refractivity contribution in [3.8, 4) is 0 Å². The van der Waals surface area contributed by atoms with Crippen LogP contribution in [0.3, 0.4) is 0 Å². The number of nitrogens with one attached hydrogen (secondary N) is 2. The van der Waals surface area contributed by atoms with Gasteiger partial charge in [-0.05, 0) is 38.6 Å². The van der Waals surface area contributed by atoms with Crippen LogP contribution >= 0.6 is 0 Å². The van der Waals surface area contributed by atoms with E-state index in [0.29, 0.717) is 11.5 Å². The number of hydrogen-bond acceptors (Lipinski definition) is 5. The molecule has 0 radical (unpaired) electrons. The highest BCUT2D eigenvalue weighted by molar-refractivity contribution is 7.89. The zero-order valence-corrected chi connectivity index (χ0v) is 13.1. The van der Waals surface area contributed by atoms with Gasteiger partial charge in [-0.25, -0.2) is 13.1 Å². The van der Waals surface area contributed by atoms with E-state index in [2.05, 4.69) is 15.2 Å². The fourth-order valence-corrected chi connectivity index (χ4v) is 2.85. The number of sulfonamides is 1. The van der Waals surface area contributed by atoms with Crippen molar-refractivity contribution in [2.45, 2.75) is 31.3 Å². The van der Waals surface area contributed by atoms with E-state index < -0.39 is 10.0 Å². The van der Waals surface area contributed by atoms with Crippen LogP contribution < -0.4 is 10.0 Å². The molecule has 0 bridgehead atoms. The smallest absolute Gasteiger partial charge is 0.240 e. The maximum Gasteiger partial charge on any atom is 0.240 e. The number of nitrogens with zero attached hydrogens (tertiary/aromatic N) is 1. The van der Waals surface area contributed by atoms with Crippen LogP contribution in [-0.2, 0) is 16.6 Å². The van der Waals surface area contributed by atoms with Gasteiger partial charge in [0.2, 0.25) is 10.0 Å². The van der Waals surface area contributed by atoms with E-state index in [9.17, 15) is 8.42 Å². The molecule has 2 aromatic rings. The second kappa shape index (κ2) is 6.38. The van der Waals surface area contributed by atoms with E-state index in [1.54, 1.807) is 37.3 Å². The van der Waals surface area contributed by atoms with Crippen molar-refractivity contribution < 1.29 is 12.9 Å². The van der Waals surface area contributed by atoms with Crippen molar-refractivity contribution in [2.75, 3.05) is 7.05 Å². The Labute approximate surface area is 124 Å². The molecule has 0 saturated carbocycles. The Balaban J connectivity index is 2.08. The van der Waals surface area contributed by atoms with Crippen molar-refractivity contribution in [3.63, 3.8) is 0 Å². The molecule has 2 N–H and O–H groups in total. The van der Waals surface area contributed by atoms with Gasteiger partial charge >= 0.3 is 0 Å². The number of aromatic nitrogens is 1. The Bertz CT molecular complexity index is 693. The molecule has 2 rings (SSSR count). The molecule has 0 spiro atoms. The first-order valence-corrected chi connectivity index (χ1v) is 8.10. The SMILES string of the molecule is CNC(C)c1ccc(S(=O)(=O)NCc2cc(C)on2)cc1. The molecule has 0 saturated heterocycles. The minimum atomic E-state index is -3.55. The third kappa shape index (κ3) is 3.90. The molecule has 1 aromatic heterocycles. The fraction of sp³-hybridized carbons (Fsp3) is 0.357. The molecule has 6 nitrogen and oxygen atoms in total. The summed E-state index contributed by atoms with van der Waals surface area (Å²) in [6, 6.07) is 8.67. The third-order valence-electron chi connectivity index (χ3n) is 3.24. The molecule has 1 unspecified atom stereocenters. The highest BCUT2D eigenvalue weighted by atomic mass is 32.2. The quantitative estimate of drug-likeness (QED) is 0.849. The molecule has 1 heterocycles. The van der Waals surface area contributed by atoms with E-state index in [4.69, 9.17) is 4.52 Å². The van der Waals surface area contributed by atoms with Gasteiger partial charge in [0.25, 0.3) is 0 Å². The zero-order valence-electron chi connectivity index (χ0n) is 12.3. The van der Waals surface area contributed by atoms with Gasteiger partial charge in [-0.15, -0.1) is 0 Å². The molecule has 21 heavy (non-hydrogen) atoms. The van der Waals surface area contributed by atoms with Gasteiger partial charge in [0.1, 0.15) is 5.76 Å². The summed E-state index contributed by atoms with van der Waals surface area (Å²) in [5.41, 5.74) is 1.58. The normalized spacial score (nSPS) is 13.3. The first-order valence-electron chi connectivity index (χ1n) is 6.61. The summed E-state index contributed by atoms with van der Waals surface area (Å²) < 4.78 is 31.8. The van der Waals surface area contributed by atoms with E-state index in [0.717, 1.165) is 5.56 Å². The Morgan fingerprint density at radius 3 is 2.48 bits per heavy atom. The largest absolute Gasteiger partial charge is 0.361 e. The third-order valence-corrected chi connectivity index (χ3v) is 4.66. The first-order chi connectivity index (χ1) is 9.92. The predicted octanol–water partition coefficient (Wildman–Crippen LogP) is 1.74. The van der Waals surface area contributed by atoms with Crippen LogP contribution in [0.15, 0.2) is 39.8 Å². The lowest BCUT2D eigenvalue weighted by Gasteiger charge is -2.11. The highest BCUT2D eigenvalue weighted by Crippen LogP contribution is 2.16. The molecule has 7 heteroatoms. The molecule has 1 atom stereocenters. The molecule has 0 aliphatic carbocycles. The molecule has 0 aliphatic heterocycles. The van der Waals surface area contributed by atoms with Crippen LogP contribution in [-0.4, -0.2) is 20.6 Å². The van der Waals surface area contributed by atoms with E-state index in [1.807, 2.05) is 14.0 Å². The minimum Gasteiger partial charge on any atom is -0.361 e. The lowest BCUT2D eigenvalue weighted by molar-refractivity contribution is 0.390. The van der Waals surface area contributed by atoms with Crippen LogP contribution in [0.5, 0.6) is 0 Å².